The predicted octanol–water partition coefficient (Wildman–Crippen LogP) is 3.76. The third-order valence-electron chi connectivity index (χ3n) is 4.16. The van der Waals surface area contributed by atoms with Crippen molar-refractivity contribution in [1.29, 1.82) is 0 Å². The van der Waals surface area contributed by atoms with Crippen molar-refractivity contribution in [3.63, 3.8) is 0 Å². The maximum absolute atomic E-state index is 12.4. The van der Waals surface area contributed by atoms with Crippen molar-refractivity contribution >= 4 is 34.0 Å². The van der Waals surface area contributed by atoms with Gasteiger partial charge >= 0.3 is 0 Å². The number of hydrogen-bond donors (Lipinski definition) is 2. The van der Waals surface area contributed by atoms with Crippen LogP contribution in [-0.2, 0) is 11.3 Å². The van der Waals surface area contributed by atoms with Crippen LogP contribution >= 0.6 is 11.3 Å². The molecule has 0 radical (unpaired) electrons. The maximum atomic E-state index is 12.4. The predicted molar refractivity (Wildman–Crippen MR) is 114 cm³/mol. The first-order valence-corrected chi connectivity index (χ1v) is 9.68. The van der Waals surface area contributed by atoms with Gasteiger partial charge in [-0.3, -0.25) is 14.9 Å². The fourth-order valence-electron chi connectivity index (χ4n) is 2.56. The van der Waals surface area contributed by atoms with Crippen molar-refractivity contribution in [3.05, 3.63) is 65.0 Å². The smallest absolute Gasteiger partial charge is 0.257 e. The first-order valence-electron chi connectivity index (χ1n) is 8.80. The summed E-state index contributed by atoms with van der Waals surface area (Å²) < 4.78 is 0. The van der Waals surface area contributed by atoms with Crippen LogP contribution in [0.5, 0.6) is 0 Å². The molecular formula is C21H22N4O2S. The van der Waals surface area contributed by atoms with E-state index in [1.54, 1.807) is 12.1 Å². The lowest BCUT2D eigenvalue weighted by atomic mass is 10.1. The van der Waals surface area contributed by atoms with Gasteiger partial charge in [-0.2, -0.15) is 0 Å². The van der Waals surface area contributed by atoms with Crippen LogP contribution < -0.4 is 15.5 Å². The van der Waals surface area contributed by atoms with Crippen molar-refractivity contribution in [2.75, 3.05) is 24.3 Å². The van der Waals surface area contributed by atoms with E-state index in [1.165, 1.54) is 18.3 Å². The minimum absolute atomic E-state index is 0.0553. The third-order valence-corrected chi connectivity index (χ3v) is 4.92. The molecule has 3 rings (SSSR count). The zero-order valence-corrected chi connectivity index (χ0v) is 16.8. The SMILES string of the molecule is CC(=O)NCc1ccc(-c2csc(NC(=O)c3ccc(N(C)C)cc3)n2)cc1. The van der Waals surface area contributed by atoms with E-state index in [1.807, 2.05) is 60.8 Å². The van der Waals surface area contributed by atoms with Crippen LogP contribution in [0.25, 0.3) is 11.3 Å². The van der Waals surface area contributed by atoms with E-state index in [9.17, 15) is 9.59 Å². The zero-order valence-electron chi connectivity index (χ0n) is 16.0. The fraction of sp³-hybridized carbons (Fsp3) is 0.190. The van der Waals surface area contributed by atoms with Gasteiger partial charge in [0.05, 0.1) is 5.69 Å². The maximum Gasteiger partial charge on any atom is 0.257 e. The number of carbonyl (C=O) groups is 2. The van der Waals surface area contributed by atoms with Crippen LogP contribution in [0.2, 0.25) is 0 Å². The largest absolute Gasteiger partial charge is 0.378 e. The van der Waals surface area contributed by atoms with Gasteiger partial charge in [0.2, 0.25) is 5.91 Å². The molecule has 3 aromatic rings. The van der Waals surface area contributed by atoms with Crippen LogP contribution in [-0.4, -0.2) is 30.9 Å². The number of hydrogen-bond acceptors (Lipinski definition) is 5. The Hall–Kier alpha value is -3.19. The number of anilines is 2. The molecule has 1 heterocycles. The summed E-state index contributed by atoms with van der Waals surface area (Å²) in [7, 11) is 3.91. The molecule has 6 nitrogen and oxygen atoms in total. The van der Waals surface area contributed by atoms with E-state index >= 15 is 0 Å². The highest BCUT2D eigenvalue weighted by atomic mass is 32.1. The summed E-state index contributed by atoms with van der Waals surface area (Å²) >= 11 is 1.39. The summed E-state index contributed by atoms with van der Waals surface area (Å²) in [5, 5.41) is 8.08. The Labute approximate surface area is 168 Å². The molecule has 0 unspecified atom stereocenters. The molecule has 0 saturated heterocycles. The van der Waals surface area contributed by atoms with Crippen LogP contribution in [0, 0.1) is 0 Å². The Morgan fingerprint density at radius 3 is 2.32 bits per heavy atom. The average molecular weight is 395 g/mol. The van der Waals surface area contributed by atoms with Gasteiger partial charge in [-0.15, -0.1) is 11.3 Å². The summed E-state index contributed by atoms with van der Waals surface area (Å²) in [6.07, 6.45) is 0. The van der Waals surface area contributed by atoms with E-state index in [2.05, 4.69) is 15.6 Å². The second kappa shape index (κ2) is 8.67. The van der Waals surface area contributed by atoms with Crippen molar-refractivity contribution < 1.29 is 9.59 Å². The minimum Gasteiger partial charge on any atom is -0.378 e. The number of thiazole rings is 1. The van der Waals surface area contributed by atoms with E-state index in [-0.39, 0.29) is 11.8 Å². The Morgan fingerprint density at radius 1 is 1.04 bits per heavy atom. The quantitative estimate of drug-likeness (QED) is 0.668. The van der Waals surface area contributed by atoms with Gasteiger partial charge in [0, 0.05) is 49.8 Å². The molecule has 1 aromatic heterocycles. The minimum atomic E-state index is -0.183. The number of nitrogens with zero attached hydrogens (tertiary/aromatic N) is 2. The van der Waals surface area contributed by atoms with Crippen molar-refractivity contribution in [3.8, 4) is 11.3 Å². The Balaban J connectivity index is 1.65. The molecule has 0 saturated carbocycles. The number of benzene rings is 2. The van der Waals surface area contributed by atoms with Crippen molar-refractivity contribution in [2.45, 2.75) is 13.5 Å². The Kier molecular flexibility index (Phi) is 6.06. The summed E-state index contributed by atoms with van der Waals surface area (Å²) in [6.45, 7) is 2.00. The summed E-state index contributed by atoms with van der Waals surface area (Å²) in [5.74, 6) is -0.239. The van der Waals surface area contributed by atoms with E-state index in [0.717, 1.165) is 22.5 Å². The molecule has 0 aliphatic carbocycles. The van der Waals surface area contributed by atoms with Crippen molar-refractivity contribution in [2.24, 2.45) is 0 Å². The monoisotopic (exact) mass is 394 g/mol. The Bertz CT molecular complexity index is 963. The lowest BCUT2D eigenvalue weighted by Gasteiger charge is -2.12. The zero-order chi connectivity index (χ0) is 20.1. The number of amides is 2. The van der Waals surface area contributed by atoms with Gasteiger partial charge in [-0.25, -0.2) is 4.98 Å². The Morgan fingerprint density at radius 2 is 1.71 bits per heavy atom. The summed E-state index contributed by atoms with van der Waals surface area (Å²) in [4.78, 5) is 29.9. The number of nitrogens with one attached hydrogen (secondary N) is 2. The molecule has 7 heteroatoms. The number of aromatic nitrogens is 1. The first kappa shape index (κ1) is 19.6. The molecule has 2 amide bonds. The molecule has 0 aliphatic rings. The fourth-order valence-corrected chi connectivity index (χ4v) is 3.28. The molecule has 2 N–H and O–H groups in total. The van der Waals surface area contributed by atoms with Gasteiger partial charge in [0.25, 0.3) is 5.91 Å². The normalized spacial score (nSPS) is 10.4. The highest BCUT2D eigenvalue weighted by Gasteiger charge is 2.10. The van der Waals surface area contributed by atoms with Gasteiger partial charge in [-0.1, -0.05) is 24.3 Å². The second-order valence-corrected chi connectivity index (χ2v) is 7.40. The lowest BCUT2D eigenvalue weighted by Crippen LogP contribution is -2.18. The summed E-state index contributed by atoms with van der Waals surface area (Å²) in [6, 6.07) is 15.2. The van der Waals surface area contributed by atoms with Gasteiger partial charge in [0.1, 0.15) is 0 Å². The number of carbonyl (C=O) groups excluding carboxylic acids is 2. The van der Waals surface area contributed by atoms with Crippen LogP contribution in [0.4, 0.5) is 10.8 Å². The first-order chi connectivity index (χ1) is 13.4. The molecule has 0 spiro atoms. The van der Waals surface area contributed by atoms with E-state index in [4.69, 9.17) is 0 Å². The molecule has 0 fully saturated rings. The number of rotatable bonds is 6. The second-order valence-electron chi connectivity index (χ2n) is 6.54. The molecule has 144 valence electrons. The van der Waals surface area contributed by atoms with Crippen LogP contribution in [0.15, 0.2) is 53.9 Å². The highest BCUT2D eigenvalue weighted by molar-refractivity contribution is 7.14. The lowest BCUT2D eigenvalue weighted by molar-refractivity contribution is -0.119. The molecule has 2 aromatic carbocycles. The van der Waals surface area contributed by atoms with E-state index in [0.29, 0.717) is 17.2 Å². The highest BCUT2D eigenvalue weighted by Crippen LogP contribution is 2.25. The third kappa shape index (κ3) is 4.95. The van der Waals surface area contributed by atoms with E-state index < -0.39 is 0 Å². The van der Waals surface area contributed by atoms with Gasteiger partial charge in [-0.05, 0) is 29.8 Å². The topological polar surface area (TPSA) is 74.3 Å². The average Bonchev–Trinajstić information content (AvgIpc) is 3.15. The van der Waals surface area contributed by atoms with Crippen LogP contribution in [0.3, 0.4) is 0 Å². The van der Waals surface area contributed by atoms with Crippen molar-refractivity contribution in [1.82, 2.24) is 10.3 Å². The van der Waals surface area contributed by atoms with Gasteiger partial charge in [0.15, 0.2) is 5.13 Å². The summed E-state index contributed by atoms with van der Waals surface area (Å²) in [5.41, 5.74) is 4.40. The van der Waals surface area contributed by atoms with Crippen LogP contribution in [0.1, 0.15) is 22.8 Å². The van der Waals surface area contributed by atoms with Gasteiger partial charge < -0.3 is 10.2 Å². The standard InChI is InChI=1S/C21H22N4O2S/c1-14(26)22-12-15-4-6-16(7-5-15)19-13-28-21(23-19)24-20(27)17-8-10-18(11-9-17)25(2)3/h4-11,13H,12H2,1-3H3,(H,22,26)(H,23,24,27). The molecule has 0 atom stereocenters. The molecular weight excluding hydrogens is 372 g/mol. The molecule has 28 heavy (non-hydrogen) atoms. The molecule has 0 bridgehead atoms. The molecule has 0 aliphatic heterocycles.